The Morgan fingerprint density at radius 2 is 1.68 bits per heavy atom. The topological polar surface area (TPSA) is 175 Å². The Balaban J connectivity index is 1.73. The molecule has 0 bridgehead atoms. The van der Waals surface area contributed by atoms with Crippen molar-refractivity contribution in [3.05, 3.63) is 75.3 Å². The first-order valence-electron chi connectivity index (χ1n) is 13.0. The summed E-state index contributed by atoms with van der Waals surface area (Å²) in [7, 11) is -6.06. The normalized spacial score (nSPS) is 14.1. The highest BCUT2D eigenvalue weighted by Crippen LogP contribution is 2.36. The van der Waals surface area contributed by atoms with Crippen molar-refractivity contribution >= 4 is 54.6 Å². The Bertz CT molecular complexity index is 1800. The van der Waals surface area contributed by atoms with Crippen molar-refractivity contribution in [1.82, 2.24) is 4.31 Å². The van der Waals surface area contributed by atoms with Gasteiger partial charge in [-0.15, -0.1) is 0 Å². The van der Waals surface area contributed by atoms with E-state index < -0.39 is 48.0 Å². The van der Waals surface area contributed by atoms with E-state index in [-0.39, 0.29) is 64.7 Å². The maximum atomic E-state index is 13.9. The number of ether oxygens (including phenoxy) is 3. The summed E-state index contributed by atoms with van der Waals surface area (Å²) in [6, 6.07) is 11.5. The zero-order chi connectivity index (χ0) is 32.2. The van der Waals surface area contributed by atoms with Crippen molar-refractivity contribution in [2.75, 3.05) is 56.7 Å². The quantitative estimate of drug-likeness (QED) is 0.235. The van der Waals surface area contributed by atoms with Gasteiger partial charge in [-0.05, 0) is 49.4 Å². The van der Waals surface area contributed by atoms with Gasteiger partial charge in [0.25, 0.3) is 15.7 Å². The summed E-state index contributed by atoms with van der Waals surface area (Å²) >= 11 is 6.17. The molecule has 1 saturated heterocycles. The number of morpholine rings is 1. The first-order chi connectivity index (χ1) is 20.8. The monoisotopic (exact) mass is 668 g/mol. The first kappa shape index (κ1) is 32.9. The van der Waals surface area contributed by atoms with Crippen LogP contribution in [0, 0.1) is 17.0 Å². The average Bonchev–Trinajstić information content (AvgIpc) is 3.00. The standard InChI is InChI=1S/C27H29ClN4O10S2/c1-18-4-7-21(16-22(18)32(34)35)43(36,37)31(23-14-19(28)5-8-24(23)40-2)17-27(33)29-20-6-9-25(41-3)26(15-20)44(38,39)30-10-12-42-13-11-30/h4-9,14-16H,10-13,17H2,1-3H3,(H,29,33). The number of carbonyl (C=O) groups is 1. The van der Waals surface area contributed by atoms with Crippen LogP contribution in [0.25, 0.3) is 0 Å². The molecule has 236 valence electrons. The predicted octanol–water partition coefficient (Wildman–Crippen LogP) is 3.43. The molecule has 1 amide bonds. The summed E-state index contributed by atoms with van der Waals surface area (Å²) in [6.07, 6.45) is 0. The SMILES string of the molecule is COc1ccc(Cl)cc1N(CC(=O)Nc1ccc(OC)c(S(=O)(=O)N2CCOCC2)c1)S(=O)(=O)c1ccc(C)c([N+](=O)[O-])c1. The van der Waals surface area contributed by atoms with Crippen molar-refractivity contribution in [3.63, 3.8) is 0 Å². The van der Waals surface area contributed by atoms with Crippen LogP contribution in [-0.2, 0) is 29.6 Å². The average molecular weight is 669 g/mol. The van der Waals surface area contributed by atoms with E-state index in [0.29, 0.717) is 4.31 Å². The molecule has 17 heteroatoms. The van der Waals surface area contributed by atoms with Gasteiger partial charge < -0.3 is 19.5 Å². The second kappa shape index (κ2) is 13.4. The van der Waals surface area contributed by atoms with Crippen LogP contribution in [0.5, 0.6) is 11.5 Å². The van der Waals surface area contributed by atoms with Crippen LogP contribution in [-0.4, -0.2) is 79.0 Å². The van der Waals surface area contributed by atoms with Crippen molar-refractivity contribution in [2.45, 2.75) is 16.7 Å². The van der Waals surface area contributed by atoms with E-state index in [2.05, 4.69) is 5.32 Å². The number of amides is 1. The number of nitro benzene ring substituents is 1. The fraction of sp³-hybridized carbons (Fsp3) is 0.296. The van der Waals surface area contributed by atoms with Crippen LogP contribution in [0.15, 0.2) is 64.4 Å². The summed E-state index contributed by atoms with van der Waals surface area (Å²) in [5, 5.41) is 14.2. The molecular formula is C27H29ClN4O10S2. The second-order valence-corrected chi connectivity index (χ2v) is 13.7. The molecule has 0 saturated carbocycles. The molecule has 44 heavy (non-hydrogen) atoms. The number of methoxy groups -OCH3 is 2. The van der Waals surface area contributed by atoms with Crippen LogP contribution in [0.4, 0.5) is 17.1 Å². The number of rotatable bonds is 11. The lowest BCUT2D eigenvalue weighted by Crippen LogP contribution is -2.40. The minimum Gasteiger partial charge on any atom is -0.495 e. The van der Waals surface area contributed by atoms with Crippen molar-refractivity contribution in [3.8, 4) is 11.5 Å². The molecule has 4 rings (SSSR count). The molecule has 0 aliphatic carbocycles. The predicted molar refractivity (Wildman–Crippen MR) is 162 cm³/mol. The zero-order valence-electron chi connectivity index (χ0n) is 23.9. The molecule has 0 atom stereocenters. The Labute approximate surface area is 259 Å². The summed E-state index contributed by atoms with van der Waals surface area (Å²) in [5.41, 5.74) is -0.255. The van der Waals surface area contributed by atoms with Crippen molar-refractivity contribution in [1.29, 1.82) is 0 Å². The smallest absolute Gasteiger partial charge is 0.273 e. The molecule has 0 spiro atoms. The van der Waals surface area contributed by atoms with E-state index >= 15 is 0 Å². The minimum absolute atomic E-state index is 0.0447. The zero-order valence-corrected chi connectivity index (χ0v) is 26.2. The van der Waals surface area contributed by atoms with Crippen molar-refractivity contribution < 1.29 is 40.8 Å². The number of carbonyl (C=O) groups excluding carboxylic acids is 1. The molecule has 3 aromatic rings. The molecule has 0 aromatic heterocycles. The van der Waals surface area contributed by atoms with Gasteiger partial charge in [0.05, 0.1) is 42.9 Å². The number of hydrogen-bond acceptors (Lipinski definition) is 10. The van der Waals surface area contributed by atoms with E-state index in [1.54, 1.807) is 0 Å². The molecule has 1 N–H and O–H groups in total. The van der Waals surface area contributed by atoms with Gasteiger partial charge in [-0.25, -0.2) is 16.8 Å². The van der Waals surface area contributed by atoms with E-state index in [1.807, 2.05) is 0 Å². The molecule has 0 radical (unpaired) electrons. The Kier molecular flexibility index (Phi) is 10.00. The fourth-order valence-electron chi connectivity index (χ4n) is 4.44. The third-order valence-corrected chi connectivity index (χ3v) is 10.6. The van der Waals surface area contributed by atoms with Gasteiger partial charge in [-0.2, -0.15) is 4.31 Å². The van der Waals surface area contributed by atoms with Crippen LogP contribution < -0.4 is 19.1 Å². The maximum Gasteiger partial charge on any atom is 0.273 e. The van der Waals surface area contributed by atoms with Gasteiger partial charge in [0.1, 0.15) is 22.9 Å². The molecule has 1 fully saturated rings. The summed E-state index contributed by atoms with van der Waals surface area (Å²) in [4.78, 5) is 23.6. The van der Waals surface area contributed by atoms with E-state index in [0.717, 1.165) is 6.07 Å². The van der Waals surface area contributed by atoms with Gasteiger partial charge in [0.2, 0.25) is 15.9 Å². The van der Waals surface area contributed by atoms with Crippen LogP contribution in [0.1, 0.15) is 5.56 Å². The third-order valence-electron chi connectivity index (χ3n) is 6.70. The molecule has 1 heterocycles. The van der Waals surface area contributed by atoms with E-state index in [9.17, 15) is 31.7 Å². The fourth-order valence-corrected chi connectivity index (χ4v) is 7.64. The number of anilines is 2. The second-order valence-electron chi connectivity index (χ2n) is 9.46. The lowest BCUT2D eigenvalue weighted by atomic mass is 10.2. The molecular weight excluding hydrogens is 640 g/mol. The minimum atomic E-state index is -4.63. The Morgan fingerprint density at radius 1 is 1.02 bits per heavy atom. The molecule has 1 aliphatic heterocycles. The highest BCUT2D eigenvalue weighted by atomic mass is 35.5. The van der Waals surface area contributed by atoms with Crippen LogP contribution in [0.3, 0.4) is 0 Å². The number of nitro groups is 1. The van der Waals surface area contributed by atoms with Gasteiger partial charge >= 0.3 is 0 Å². The maximum absolute atomic E-state index is 13.9. The summed E-state index contributed by atoms with van der Waals surface area (Å²) in [5.74, 6) is -0.767. The van der Waals surface area contributed by atoms with E-state index in [1.165, 1.54) is 74.0 Å². The third kappa shape index (κ3) is 6.89. The number of aryl methyl sites for hydroxylation is 1. The van der Waals surface area contributed by atoms with Gasteiger partial charge in [0, 0.05) is 35.4 Å². The number of sulfonamides is 2. The van der Waals surface area contributed by atoms with E-state index in [4.69, 9.17) is 25.8 Å². The molecule has 3 aromatic carbocycles. The Morgan fingerprint density at radius 3 is 2.32 bits per heavy atom. The highest BCUT2D eigenvalue weighted by Gasteiger charge is 2.33. The molecule has 0 unspecified atom stereocenters. The first-order valence-corrected chi connectivity index (χ1v) is 16.2. The molecule has 14 nitrogen and oxygen atoms in total. The summed E-state index contributed by atoms with van der Waals surface area (Å²) < 4.78 is 72.4. The van der Waals surface area contributed by atoms with Crippen LogP contribution in [0.2, 0.25) is 5.02 Å². The van der Waals surface area contributed by atoms with Gasteiger partial charge in [-0.3, -0.25) is 19.2 Å². The highest BCUT2D eigenvalue weighted by molar-refractivity contribution is 7.93. The number of halogens is 1. The van der Waals surface area contributed by atoms with Crippen LogP contribution >= 0.6 is 11.6 Å². The molecule has 1 aliphatic rings. The number of benzene rings is 3. The lowest BCUT2D eigenvalue weighted by Gasteiger charge is -2.27. The van der Waals surface area contributed by atoms with Crippen molar-refractivity contribution in [2.24, 2.45) is 0 Å². The lowest BCUT2D eigenvalue weighted by molar-refractivity contribution is -0.385. The number of hydrogen-bond donors (Lipinski definition) is 1. The van der Waals surface area contributed by atoms with Gasteiger partial charge in [0.15, 0.2) is 0 Å². The largest absolute Gasteiger partial charge is 0.495 e. The summed E-state index contributed by atoms with van der Waals surface area (Å²) in [6.45, 7) is 1.33. The Hall–Kier alpha value is -3.96. The van der Waals surface area contributed by atoms with Gasteiger partial charge in [-0.1, -0.05) is 17.7 Å². The number of nitrogens with one attached hydrogen (secondary N) is 1. The number of nitrogens with zero attached hydrogens (tertiary/aromatic N) is 3.